The summed E-state index contributed by atoms with van der Waals surface area (Å²) in [6.45, 7) is 0. The third kappa shape index (κ3) is 3.76. The highest BCUT2D eigenvalue weighted by Crippen LogP contribution is 2.24. The minimum absolute atomic E-state index is 0.241. The van der Waals surface area contributed by atoms with Crippen molar-refractivity contribution in [3.8, 4) is 5.75 Å². The number of hydrogen-bond acceptors (Lipinski definition) is 2. The monoisotopic (exact) mass is 237 g/mol. The van der Waals surface area contributed by atoms with Gasteiger partial charge >= 0.3 is 6.36 Å². The van der Waals surface area contributed by atoms with E-state index in [1.807, 2.05) is 0 Å². The highest BCUT2D eigenvalue weighted by Gasteiger charge is 2.31. The lowest BCUT2D eigenvalue weighted by atomic mass is 10.1. The molecule has 16 heavy (non-hydrogen) atoms. The Bertz CT molecular complexity index is 403. The number of hydrogen-bond donors (Lipinski definition) is 1. The van der Waals surface area contributed by atoms with Crippen molar-refractivity contribution >= 4 is 5.91 Å². The Hall–Kier alpha value is -1.79. The zero-order valence-electron chi connectivity index (χ0n) is 7.84. The molecule has 0 aliphatic heterocycles. The largest absolute Gasteiger partial charge is 0.573 e. The number of ether oxygens (including phenoxy) is 1. The van der Waals surface area contributed by atoms with Crippen molar-refractivity contribution in [3.63, 3.8) is 0 Å². The Morgan fingerprint density at radius 1 is 1.38 bits per heavy atom. The summed E-state index contributed by atoms with van der Waals surface area (Å²) in [5, 5.41) is 0. The molecular formula is C9H7F4NO2. The number of nitrogens with two attached hydrogens (primary N) is 1. The maximum Gasteiger partial charge on any atom is 0.573 e. The highest BCUT2D eigenvalue weighted by molar-refractivity contribution is 5.76. The average molecular weight is 237 g/mol. The fourth-order valence-corrected chi connectivity index (χ4v) is 1.07. The van der Waals surface area contributed by atoms with E-state index >= 15 is 0 Å². The Morgan fingerprint density at radius 2 is 2.00 bits per heavy atom. The fourth-order valence-electron chi connectivity index (χ4n) is 1.07. The third-order valence-corrected chi connectivity index (χ3v) is 1.62. The first kappa shape index (κ1) is 12.3. The summed E-state index contributed by atoms with van der Waals surface area (Å²) in [4.78, 5) is 10.5. The van der Waals surface area contributed by atoms with Gasteiger partial charge in [-0.1, -0.05) is 0 Å². The number of carbonyl (C=O) groups excluding carboxylic acids is 1. The first-order chi connectivity index (χ1) is 7.28. The molecule has 0 aliphatic carbocycles. The van der Waals surface area contributed by atoms with Crippen molar-refractivity contribution in [3.05, 3.63) is 29.6 Å². The van der Waals surface area contributed by atoms with E-state index in [0.29, 0.717) is 0 Å². The van der Waals surface area contributed by atoms with Crippen LogP contribution in [-0.2, 0) is 11.2 Å². The minimum Gasteiger partial charge on any atom is -0.406 e. The predicted octanol–water partition coefficient (Wildman–Crippen LogP) is 1.75. The van der Waals surface area contributed by atoms with E-state index < -0.39 is 30.3 Å². The molecule has 0 fully saturated rings. The van der Waals surface area contributed by atoms with Gasteiger partial charge in [-0.2, -0.15) is 0 Å². The zero-order chi connectivity index (χ0) is 12.3. The lowest BCUT2D eigenvalue weighted by Gasteiger charge is -2.10. The normalized spacial score (nSPS) is 11.2. The van der Waals surface area contributed by atoms with Crippen LogP contribution >= 0.6 is 0 Å². The molecule has 1 aromatic rings. The van der Waals surface area contributed by atoms with Crippen LogP contribution in [0.15, 0.2) is 18.2 Å². The summed E-state index contributed by atoms with van der Waals surface area (Å²) < 4.78 is 52.1. The number of primary amides is 1. The summed E-state index contributed by atoms with van der Waals surface area (Å²) in [7, 11) is 0. The van der Waals surface area contributed by atoms with Crippen LogP contribution in [0.1, 0.15) is 5.56 Å². The molecule has 1 amide bonds. The first-order valence-corrected chi connectivity index (χ1v) is 4.10. The van der Waals surface area contributed by atoms with E-state index in [0.717, 1.165) is 18.2 Å². The van der Waals surface area contributed by atoms with Crippen molar-refractivity contribution in [1.29, 1.82) is 0 Å². The molecule has 0 aliphatic rings. The van der Waals surface area contributed by atoms with Crippen LogP contribution in [0.3, 0.4) is 0 Å². The molecular weight excluding hydrogens is 230 g/mol. The maximum absolute atomic E-state index is 13.0. The Labute approximate surface area is 87.8 Å². The van der Waals surface area contributed by atoms with Gasteiger partial charge in [-0.25, -0.2) is 4.39 Å². The number of rotatable bonds is 3. The molecule has 0 unspecified atom stereocenters. The third-order valence-electron chi connectivity index (χ3n) is 1.62. The van der Waals surface area contributed by atoms with Gasteiger partial charge in [0.15, 0.2) is 0 Å². The second kappa shape index (κ2) is 4.38. The van der Waals surface area contributed by atoms with Crippen LogP contribution in [0.5, 0.6) is 5.75 Å². The molecule has 2 N–H and O–H groups in total. The quantitative estimate of drug-likeness (QED) is 0.814. The number of amides is 1. The average Bonchev–Trinajstić information content (AvgIpc) is 2.07. The molecule has 3 nitrogen and oxygen atoms in total. The highest BCUT2D eigenvalue weighted by atomic mass is 19.4. The Morgan fingerprint density at radius 3 is 2.50 bits per heavy atom. The van der Waals surface area contributed by atoms with Crippen molar-refractivity contribution in [2.24, 2.45) is 5.73 Å². The van der Waals surface area contributed by atoms with E-state index in [1.54, 1.807) is 0 Å². The van der Waals surface area contributed by atoms with Crippen LogP contribution < -0.4 is 10.5 Å². The van der Waals surface area contributed by atoms with Crippen LogP contribution in [0.4, 0.5) is 17.6 Å². The van der Waals surface area contributed by atoms with Gasteiger partial charge in [0, 0.05) is 5.56 Å². The zero-order valence-corrected chi connectivity index (χ0v) is 7.84. The molecule has 0 aromatic heterocycles. The van der Waals surface area contributed by atoms with Crippen LogP contribution in [-0.4, -0.2) is 12.3 Å². The van der Waals surface area contributed by atoms with Gasteiger partial charge in [0.2, 0.25) is 5.91 Å². The van der Waals surface area contributed by atoms with Gasteiger partial charge in [0.1, 0.15) is 11.6 Å². The topological polar surface area (TPSA) is 52.3 Å². The predicted molar refractivity (Wildman–Crippen MR) is 46.0 cm³/mol. The summed E-state index contributed by atoms with van der Waals surface area (Å²) in [5.74, 6) is -2.25. The van der Waals surface area contributed by atoms with Crippen LogP contribution in [0.25, 0.3) is 0 Å². The number of halogens is 4. The van der Waals surface area contributed by atoms with Gasteiger partial charge in [0.05, 0.1) is 6.42 Å². The van der Waals surface area contributed by atoms with Crippen molar-refractivity contribution in [2.45, 2.75) is 12.8 Å². The van der Waals surface area contributed by atoms with Crippen LogP contribution in [0, 0.1) is 5.82 Å². The molecule has 7 heteroatoms. The van der Waals surface area contributed by atoms with Crippen molar-refractivity contribution in [1.82, 2.24) is 0 Å². The maximum atomic E-state index is 13.0. The molecule has 0 atom stereocenters. The lowest BCUT2D eigenvalue weighted by Crippen LogP contribution is -2.18. The molecule has 1 rings (SSSR count). The molecule has 0 bridgehead atoms. The summed E-state index contributed by atoms with van der Waals surface area (Å²) in [6.07, 6.45) is -5.34. The van der Waals surface area contributed by atoms with E-state index in [-0.39, 0.29) is 5.56 Å². The van der Waals surface area contributed by atoms with Gasteiger partial charge in [-0.3, -0.25) is 4.79 Å². The van der Waals surface area contributed by atoms with Gasteiger partial charge in [-0.15, -0.1) is 13.2 Å². The van der Waals surface area contributed by atoms with Gasteiger partial charge < -0.3 is 10.5 Å². The van der Waals surface area contributed by atoms with Crippen molar-refractivity contribution in [2.75, 3.05) is 0 Å². The molecule has 0 saturated heterocycles. The van der Waals surface area contributed by atoms with Crippen LogP contribution in [0.2, 0.25) is 0 Å². The molecule has 0 radical (unpaired) electrons. The molecule has 88 valence electrons. The number of carbonyl (C=O) groups is 1. The van der Waals surface area contributed by atoms with E-state index in [2.05, 4.69) is 4.74 Å². The molecule has 0 heterocycles. The van der Waals surface area contributed by atoms with Gasteiger partial charge in [0.25, 0.3) is 0 Å². The molecule has 0 saturated carbocycles. The summed E-state index contributed by atoms with van der Waals surface area (Å²) >= 11 is 0. The standard InChI is InChI=1S/C9H7F4NO2/c10-7-2-1-6(16-9(11,12)13)3-5(7)4-8(14)15/h1-3H,4H2,(H2,14,15). The Balaban J connectivity index is 2.93. The van der Waals surface area contributed by atoms with Crippen molar-refractivity contribution < 1.29 is 27.1 Å². The minimum atomic E-state index is -4.86. The second-order valence-corrected chi connectivity index (χ2v) is 2.94. The SMILES string of the molecule is NC(=O)Cc1cc(OC(F)(F)F)ccc1F. The van der Waals surface area contributed by atoms with Gasteiger partial charge in [-0.05, 0) is 18.2 Å². The first-order valence-electron chi connectivity index (χ1n) is 4.10. The van der Waals surface area contributed by atoms with E-state index in [9.17, 15) is 22.4 Å². The summed E-state index contributed by atoms with van der Waals surface area (Å²) in [6, 6.07) is 2.38. The smallest absolute Gasteiger partial charge is 0.406 e. The lowest BCUT2D eigenvalue weighted by molar-refractivity contribution is -0.274. The fraction of sp³-hybridized carbons (Fsp3) is 0.222. The molecule has 0 spiro atoms. The van der Waals surface area contributed by atoms with E-state index in [1.165, 1.54) is 0 Å². The second-order valence-electron chi connectivity index (χ2n) is 2.94. The number of alkyl halides is 3. The molecule has 1 aromatic carbocycles. The van der Waals surface area contributed by atoms with E-state index in [4.69, 9.17) is 5.73 Å². The Kier molecular flexibility index (Phi) is 3.36. The number of benzene rings is 1. The summed E-state index contributed by atoms with van der Waals surface area (Å²) in [5.41, 5.74) is 4.56.